The molecule has 0 fully saturated rings. The van der Waals surface area contributed by atoms with Crippen LogP contribution >= 0.6 is 0 Å². The second-order valence-electron chi connectivity index (χ2n) is 15.1. The van der Waals surface area contributed by atoms with Crippen molar-refractivity contribution in [2.75, 3.05) is 0 Å². The van der Waals surface area contributed by atoms with E-state index in [1.54, 1.807) is 0 Å². The van der Waals surface area contributed by atoms with Crippen LogP contribution in [0.5, 0.6) is 0 Å². The zero-order valence-electron chi connectivity index (χ0n) is 29.5. The first-order valence-electron chi connectivity index (χ1n) is 16.0. The van der Waals surface area contributed by atoms with Crippen LogP contribution in [-0.4, -0.2) is 23.9 Å². The van der Waals surface area contributed by atoms with E-state index >= 15 is 0 Å². The van der Waals surface area contributed by atoms with Gasteiger partial charge < -0.3 is 5.11 Å². The summed E-state index contributed by atoms with van der Waals surface area (Å²) in [5.74, 6) is 0.104. The number of pyridine rings is 1. The van der Waals surface area contributed by atoms with Crippen LogP contribution in [0.2, 0.25) is 19.6 Å². The first kappa shape index (κ1) is 37.8. The molecule has 5 heteroatoms. The van der Waals surface area contributed by atoms with Crippen molar-refractivity contribution in [3.8, 4) is 33.5 Å². The summed E-state index contributed by atoms with van der Waals surface area (Å²) in [4.78, 5) is 16.7. The number of aryl methyl sites for hydroxylation is 1. The van der Waals surface area contributed by atoms with Crippen molar-refractivity contribution in [3.63, 3.8) is 0 Å². The topological polar surface area (TPSA) is 50.2 Å². The van der Waals surface area contributed by atoms with Crippen LogP contribution in [0.1, 0.15) is 47.1 Å². The fourth-order valence-corrected chi connectivity index (χ4v) is 6.03. The van der Waals surface area contributed by atoms with Crippen LogP contribution in [0.3, 0.4) is 0 Å². The molecule has 3 nitrogen and oxygen atoms in total. The molecular formula is C42H48IrNO2Si-. The molecule has 0 bridgehead atoms. The van der Waals surface area contributed by atoms with Gasteiger partial charge in [-0.25, -0.2) is 0 Å². The standard InChI is InChI=1S/C31H28NSi.C11H20O2.Ir/c1-22-17-26(23-11-7-5-8-12-23)19-27(18-22)31-29(24-13-9-6-10-14-24)20-25-15-16-28(33(2,3)4)21-30(25)32-31;1-10(2,3)8(12)7-9(13)11(4,5)6;/h5-17,19-21H,1-4H3;7,12H,1-6H3;/q-1;;/b;8-7-;. The maximum absolute atomic E-state index is 11.5. The minimum Gasteiger partial charge on any atom is -0.512 e. The minimum absolute atomic E-state index is 0. The number of hydrogen-bond acceptors (Lipinski definition) is 3. The Hall–Kier alpha value is -3.63. The molecule has 0 unspecified atom stereocenters. The summed E-state index contributed by atoms with van der Waals surface area (Å²) in [7, 11) is -1.43. The van der Waals surface area contributed by atoms with Crippen molar-refractivity contribution in [1.29, 1.82) is 0 Å². The smallest absolute Gasteiger partial charge is 0.164 e. The summed E-state index contributed by atoms with van der Waals surface area (Å²) in [6.07, 6.45) is 1.33. The number of hydrogen-bond donors (Lipinski definition) is 1. The fourth-order valence-electron chi connectivity index (χ4n) is 4.87. The molecule has 1 radical (unpaired) electrons. The molecule has 0 aliphatic heterocycles. The van der Waals surface area contributed by atoms with Crippen LogP contribution in [-0.2, 0) is 24.9 Å². The fraction of sp³-hybridized carbons (Fsp3) is 0.286. The van der Waals surface area contributed by atoms with Crippen molar-refractivity contribution in [2.45, 2.75) is 68.1 Å². The number of benzene rings is 4. The van der Waals surface area contributed by atoms with E-state index in [0.29, 0.717) is 0 Å². The Bertz CT molecular complexity index is 1860. The Labute approximate surface area is 296 Å². The van der Waals surface area contributed by atoms with E-state index in [2.05, 4.69) is 130 Å². The van der Waals surface area contributed by atoms with Crippen LogP contribution in [0.15, 0.2) is 109 Å². The normalized spacial score (nSPS) is 12.2. The third-order valence-electron chi connectivity index (χ3n) is 7.91. The molecule has 5 aromatic rings. The van der Waals surface area contributed by atoms with Gasteiger partial charge in [-0.3, -0.25) is 9.78 Å². The van der Waals surface area contributed by atoms with Crippen LogP contribution in [0.4, 0.5) is 0 Å². The summed E-state index contributed by atoms with van der Waals surface area (Å²) in [5.41, 5.74) is 8.15. The zero-order chi connectivity index (χ0) is 33.9. The Kier molecular flexibility index (Phi) is 12.1. The van der Waals surface area contributed by atoms with Gasteiger partial charge in [0, 0.05) is 37.0 Å². The van der Waals surface area contributed by atoms with E-state index in [0.717, 1.165) is 27.9 Å². The molecule has 0 atom stereocenters. The molecule has 1 aromatic heterocycles. The first-order valence-corrected chi connectivity index (χ1v) is 19.5. The van der Waals surface area contributed by atoms with Gasteiger partial charge in [-0.1, -0.05) is 152 Å². The third-order valence-corrected chi connectivity index (χ3v) is 9.95. The van der Waals surface area contributed by atoms with E-state index in [9.17, 15) is 9.90 Å². The maximum atomic E-state index is 11.5. The van der Waals surface area contributed by atoms with Crippen molar-refractivity contribution >= 4 is 29.9 Å². The van der Waals surface area contributed by atoms with E-state index in [-0.39, 0.29) is 37.1 Å². The Morgan fingerprint density at radius 2 is 1.32 bits per heavy atom. The average Bonchev–Trinajstić information content (AvgIpc) is 2.99. The zero-order valence-corrected chi connectivity index (χ0v) is 32.8. The first-order chi connectivity index (χ1) is 21.4. The Balaban J connectivity index is 0.000000367. The van der Waals surface area contributed by atoms with E-state index < -0.39 is 13.5 Å². The molecule has 0 spiro atoms. The second-order valence-corrected chi connectivity index (χ2v) is 20.2. The van der Waals surface area contributed by atoms with Gasteiger partial charge in [-0.05, 0) is 33.8 Å². The van der Waals surface area contributed by atoms with Crippen molar-refractivity contribution in [2.24, 2.45) is 10.8 Å². The van der Waals surface area contributed by atoms with Gasteiger partial charge in [-0.2, -0.15) is 0 Å². The summed E-state index contributed by atoms with van der Waals surface area (Å²) in [5, 5.41) is 12.2. The van der Waals surface area contributed by atoms with Crippen molar-refractivity contribution in [1.82, 2.24) is 4.98 Å². The number of ketones is 1. The number of allylic oxidation sites excluding steroid dienone is 2. The van der Waals surface area contributed by atoms with Gasteiger partial charge in [0.1, 0.15) is 5.76 Å². The predicted molar refractivity (Wildman–Crippen MR) is 199 cm³/mol. The van der Waals surface area contributed by atoms with Crippen LogP contribution in [0, 0.1) is 23.8 Å². The molecule has 0 aliphatic carbocycles. The second kappa shape index (κ2) is 15.1. The van der Waals surface area contributed by atoms with Crippen molar-refractivity contribution in [3.05, 3.63) is 121 Å². The van der Waals surface area contributed by atoms with Crippen molar-refractivity contribution < 1.29 is 30.0 Å². The van der Waals surface area contributed by atoms with E-state index in [1.807, 2.05) is 41.5 Å². The summed E-state index contributed by atoms with van der Waals surface area (Å²) >= 11 is 0. The third kappa shape index (κ3) is 9.93. The van der Waals surface area contributed by atoms with Gasteiger partial charge in [-0.15, -0.1) is 34.9 Å². The summed E-state index contributed by atoms with van der Waals surface area (Å²) in [6, 6.07) is 38.3. The number of aromatic nitrogens is 1. The summed E-state index contributed by atoms with van der Waals surface area (Å²) in [6.45, 7) is 20.4. The number of nitrogens with zero attached hydrogens (tertiary/aromatic N) is 1. The quantitative estimate of drug-likeness (QED) is 0.0832. The molecule has 0 aliphatic rings. The molecular weight excluding hydrogens is 771 g/mol. The molecule has 1 N–H and O–H groups in total. The van der Waals surface area contributed by atoms with Gasteiger partial charge in [0.05, 0.1) is 13.6 Å². The van der Waals surface area contributed by atoms with E-state index in [1.165, 1.54) is 33.3 Å². The predicted octanol–water partition coefficient (Wildman–Crippen LogP) is 11.0. The number of aliphatic hydroxyl groups is 1. The molecule has 0 saturated heterocycles. The number of rotatable bonds is 5. The van der Waals surface area contributed by atoms with Gasteiger partial charge in [0.2, 0.25) is 0 Å². The van der Waals surface area contributed by atoms with Crippen LogP contribution in [0.25, 0.3) is 44.4 Å². The monoisotopic (exact) mass is 819 g/mol. The largest absolute Gasteiger partial charge is 0.512 e. The Morgan fingerprint density at radius 3 is 1.85 bits per heavy atom. The molecule has 1 heterocycles. The molecule has 0 amide bonds. The molecule has 0 saturated carbocycles. The van der Waals surface area contributed by atoms with E-state index in [4.69, 9.17) is 4.98 Å². The Morgan fingerprint density at radius 1 is 0.745 bits per heavy atom. The van der Waals surface area contributed by atoms with Gasteiger partial charge >= 0.3 is 0 Å². The maximum Gasteiger partial charge on any atom is 0.164 e. The number of fused-ring (bicyclic) bond motifs is 1. The minimum atomic E-state index is -1.43. The molecule has 247 valence electrons. The number of carbonyl (C=O) groups excluding carboxylic acids is 1. The average molecular weight is 819 g/mol. The van der Waals surface area contributed by atoms with Gasteiger partial charge in [0.25, 0.3) is 0 Å². The van der Waals surface area contributed by atoms with Gasteiger partial charge in [0.15, 0.2) is 5.78 Å². The number of aliphatic hydroxyl groups excluding tert-OH is 1. The molecule has 47 heavy (non-hydrogen) atoms. The van der Waals surface area contributed by atoms with Crippen LogP contribution < -0.4 is 5.19 Å². The number of carbonyl (C=O) groups is 1. The molecule has 5 rings (SSSR count). The summed E-state index contributed by atoms with van der Waals surface area (Å²) < 4.78 is 0. The SMILES string of the molecule is CC(C)(C)C(=O)/C=C(\O)C(C)(C)C.Cc1[c-]c(-c2nc3cc([Si](C)(C)C)ccc3cc2-c2ccccc2)cc(-c2ccccc2)c1.[Ir]. The molecule has 4 aromatic carbocycles.